The lowest BCUT2D eigenvalue weighted by atomic mass is 9.87. The second kappa shape index (κ2) is 9.41. The Labute approximate surface area is 193 Å². The van der Waals surface area contributed by atoms with Crippen LogP contribution in [0.1, 0.15) is 48.1 Å². The first kappa shape index (κ1) is 23.9. The molecule has 2 aromatic rings. The normalized spacial score (nSPS) is 18.3. The number of hydrogen-bond acceptors (Lipinski definition) is 5. The van der Waals surface area contributed by atoms with Crippen molar-refractivity contribution >= 4 is 23.5 Å². The van der Waals surface area contributed by atoms with Gasteiger partial charge in [-0.05, 0) is 81.3 Å². The summed E-state index contributed by atoms with van der Waals surface area (Å²) in [6, 6.07) is 7.26. The summed E-state index contributed by atoms with van der Waals surface area (Å²) in [5.74, 6) is 0.779. The first-order valence-corrected chi connectivity index (χ1v) is 11.0. The monoisotopic (exact) mass is 460 g/mol. The Kier molecular flexibility index (Phi) is 7.03. The van der Waals surface area contributed by atoms with E-state index >= 15 is 0 Å². The van der Waals surface area contributed by atoms with Gasteiger partial charge in [-0.2, -0.15) is 0 Å². The van der Waals surface area contributed by atoms with Crippen LogP contribution in [0.25, 0.3) is 0 Å². The predicted octanol–water partition coefficient (Wildman–Crippen LogP) is 4.93. The summed E-state index contributed by atoms with van der Waals surface area (Å²) >= 11 is 5.81. The highest BCUT2D eigenvalue weighted by molar-refractivity contribution is 6.29. The number of fused-ring (bicyclic) bond motifs is 1. The van der Waals surface area contributed by atoms with Gasteiger partial charge in [0.15, 0.2) is 0 Å². The number of carbonyl (C=O) groups is 2. The van der Waals surface area contributed by atoms with E-state index in [0.717, 1.165) is 46.4 Å². The molecule has 32 heavy (non-hydrogen) atoms. The van der Waals surface area contributed by atoms with E-state index in [9.17, 15) is 9.59 Å². The van der Waals surface area contributed by atoms with Crippen LogP contribution in [0, 0.1) is 20.8 Å². The number of ether oxygens (including phenoxy) is 3. The lowest BCUT2D eigenvalue weighted by Crippen LogP contribution is -2.42. The molecule has 2 unspecified atom stereocenters. The summed E-state index contributed by atoms with van der Waals surface area (Å²) in [6.07, 6.45) is 1.80. The third-order valence-corrected chi connectivity index (χ3v) is 6.30. The van der Waals surface area contributed by atoms with Crippen molar-refractivity contribution in [2.24, 2.45) is 0 Å². The van der Waals surface area contributed by atoms with E-state index < -0.39 is 16.9 Å². The fourth-order valence-corrected chi connectivity index (χ4v) is 4.11. The third kappa shape index (κ3) is 5.18. The first-order chi connectivity index (χ1) is 15.0. The zero-order valence-corrected chi connectivity index (χ0v) is 19.8. The number of benzene rings is 2. The molecule has 0 saturated heterocycles. The summed E-state index contributed by atoms with van der Waals surface area (Å²) in [7, 11) is 0. The highest BCUT2D eigenvalue weighted by Gasteiger charge is 2.35. The van der Waals surface area contributed by atoms with Gasteiger partial charge < -0.3 is 19.3 Å². The van der Waals surface area contributed by atoms with Crippen molar-refractivity contribution in [1.82, 2.24) is 0 Å². The van der Waals surface area contributed by atoms with Crippen molar-refractivity contribution in [2.45, 2.75) is 64.9 Å². The number of carboxylic acid groups (broad SMARTS) is 1. The van der Waals surface area contributed by atoms with Crippen LogP contribution in [-0.2, 0) is 22.4 Å². The molecule has 1 aliphatic rings. The number of alkyl halides is 1. The van der Waals surface area contributed by atoms with E-state index in [4.69, 9.17) is 30.9 Å². The quantitative estimate of drug-likeness (QED) is 0.358. The van der Waals surface area contributed by atoms with Crippen LogP contribution in [-0.4, -0.2) is 34.6 Å². The van der Waals surface area contributed by atoms with Gasteiger partial charge in [0, 0.05) is 12.5 Å². The molecule has 1 aliphatic heterocycles. The van der Waals surface area contributed by atoms with Gasteiger partial charge in [-0.25, -0.2) is 0 Å². The number of esters is 1. The highest BCUT2D eigenvalue weighted by Crippen LogP contribution is 2.44. The van der Waals surface area contributed by atoms with Crippen LogP contribution < -0.4 is 14.2 Å². The molecule has 172 valence electrons. The molecule has 3 rings (SSSR count). The van der Waals surface area contributed by atoms with Gasteiger partial charge in [-0.3, -0.25) is 9.59 Å². The van der Waals surface area contributed by atoms with Gasteiger partial charge >= 0.3 is 11.9 Å². The largest absolute Gasteiger partial charge is 0.489 e. The summed E-state index contributed by atoms with van der Waals surface area (Å²) in [5.41, 5.74) is 4.19. The maximum Gasteiger partial charge on any atom is 0.321 e. The van der Waals surface area contributed by atoms with Crippen LogP contribution >= 0.6 is 11.6 Å². The molecule has 0 aromatic heterocycles. The number of carbonyl (C=O) groups excluding carboxylic acids is 1. The van der Waals surface area contributed by atoms with Crippen molar-refractivity contribution in [3.8, 4) is 17.2 Å². The second-order valence-corrected chi connectivity index (χ2v) is 9.13. The maximum absolute atomic E-state index is 11.5. The van der Waals surface area contributed by atoms with Gasteiger partial charge in [0.05, 0.1) is 0 Å². The van der Waals surface area contributed by atoms with Crippen LogP contribution in [0.5, 0.6) is 17.2 Å². The average molecular weight is 461 g/mol. The maximum atomic E-state index is 11.5. The molecule has 0 amide bonds. The topological polar surface area (TPSA) is 82.1 Å². The van der Waals surface area contributed by atoms with E-state index in [1.54, 1.807) is 0 Å². The van der Waals surface area contributed by atoms with Crippen LogP contribution in [0.4, 0.5) is 0 Å². The highest BCUT2D eigenvalue weighted by atomic mass is 35.5. The Morgan fingerprint density at radius 3 is 2.41 bits per heavy atom. The minimum Gasteiger partial charge on any atom is -0.489 e. The zero-order valence-electron chi connectivity index (χ0n) is 19.1. The summed E-state index contributed by atoms with van der Waals surface area (Å²) in [4.78, 5) is 22.4. The van der Waals surface area contributed by atoms with E-state index in [-0.39, 0.29) is 12.4 Å². The van der Waals surface area contributed by atoms with Crippen molar-refractivity contribution in [2.75, 3.05) is 6.61 Å². The van der Waals surface area contributed by atoms with Crippen molar-refractivity contribution in [3.05, 3.63) is 52.1 Å². The number of aliphatic carboxylic acids is 1. The Hall–Kier alpha value is -2.73. The van der Waals surface area contributed by atoms with Gasteiger partial charge in [0.2, 0.25) is 0 Å². The molecule has 1 N–H and O–H groups in total. The first-order valence-electron chi connectivity index (χ1n) is 10.6. The molecule has 6 nitrogen and oxygen atoms in total. The summed E-state index contributed by atoms with van der Waals surface area (Å²) < 4.78 is 17.9. The lowest BCUT2D eigenvalue weighted by Gasteiger charge is -2.37. The van der Waals surface area contributed by atoms with Crippen molar-refractivity contribution in [3.63, 3.8) is 0 Å². The van der Waals surface area contributed by atoms with Gasteiger partial charge in [-0.15, -0.1) is 11.6 Å². The molecular weight excluding hydrogens is 432 g/mol. The zero-order chi connectivity index (χ0) is 23.6. The smallest absolute Gasteiger partial charge is 0.321 e. The van der Waals surface area contributed by atoms with Gasteiger partial charge in [0.25, 0.3) is 0 Å². The van der Waals surface area contributed by atoms with Crippen LogP contribution in [0.2, 0.25) is 0 Å². The Morgan fingerprint density at radius 1 is 1.16 bits per heavy atom. The van der Waals surface area contributed by atoms with Gasteiger partial charge in [-0.1, -0.05) is 12.1 Å². The van der Waals surface area contributed by atoms with E-state index in [0.29, 0.717) is 18.1 Å². The van der Waals surface area contributed by atoms with Crippen molar-refractivity contribution < 1.29 is 28.9 Å². The average Bonchev–Trinajstić information content (AvgIpc) is 2.74. The Balaban J connectivity index is 1.72. The minimum atomic E-state index is -1.03. The molecule has 1 heterocycles. The van der Waals surface area contributed by atoms with Gasteiger partial charge in [0.1, 0.15) is 34.8 Å². The third-order valence-electron chi connectivity index (χ3n) is 5.96. The lowest BCUT2D eigenvalue weighted by molar-refractivity contribution is -0.136. The SMILES string of the molecule is CC(=O)Oc1c(C)c(C)c2c(c1C)CCC(C)(COc1ccc(CC(Cl)C(=O)O)cc1)O2. The molecule has 0 fully saturated rings. The molecule has 0 aliphatic carbocycles. The second-order valence-electron chi connectivity index (χ2n) is 8.60. The fraction of sp³-hybridized carbons (Fsp3) is 0.440. The summed E-state index contributed by atoms with van der Waals surface area (Å²) in [5, 5.41) is 7.99. The molecule has 2 aromatic carbocycles. The minimum absolute atomic E-state index is 0.252. The number of carboxylic acids is 1. The van der Waals surface area contributed by atoms with E-state index in [1.165, 1.54) is 6.92 Å². The van der Waals surface area contributed by atoms with E-state index in [1.807, 2.05) is 52.0 Å². The molecular formula is C25H29ClO6. The Bertz CT molecular complexity index is 1030. The molecule has 0 saturated carbocycles. The molecule has 0 spiro atoms. The number of halogens is 1. The molecule has 0 bridgehead atoms. The summed E-state index contributed by atoms with van der Waals surface area (Å²) in [6.45, 7) is 9.67. The molecule has 2 atom stereocenters. The molecule has 0 radical (unpaired) electrons. The standard InChI is InChI=1S/C25H29ClO6/c1-14-15(2)23-20(16(3)22(14)31-17(4)27)10-11-25(5,32-23)13-30-19-8-6-18(7-9-19)12-21(26)24(28)29/h6-9,21H,10-13H2,1-5H3,(H,28,29). The van der Waals surface area contributed by atoms with Crippen LogP contribution in [0.15, 0.2) is 24.3 Å². The number of rotatable bonds is 7. The number of hydrogen-bond donors (Lipinski definition) is 1. The van der Waals surface area contributed by atoms with E-state index in [2.05, 4.69) is 0 Å². The molecule has 7 heteroatoms. The van der Waals surface area contributed by atoms with Crippen molar-refractivity contribution in [1.29, 1.82) is 0 Å². The van der Waals surface area contributed by atoms with Crippen LogP contribution in [0.3, 0.4) is 0 Å². The predicted molar refractivity (Wildman–Crippen MR) is 122 cm³/mol. The Morgan fingerprint density at radius 2 is 1.81 bits per heavy atom. The fourth-order valence-electron chi connectivity index (χ4n) is 3.93.